The minimum absolute atomic E-state index is 0.120. The van der Waals surface area contributed by atoms with Gasteiger partial charge in [0.15, 0.2) is 11.5 Å². The lowest BCUT2D eigenvalue weighted by atomic mass is 10.0. The van der Waals surface area contributed by atoms with Crippen molar-refractivity contribution in [1.82, 2.24) is 0 Å². The molecular formula is C25H23NO7S. The molecule has 0 aliphatic carbocycles. The average Bonchev–Trinajstić information content (AvgIpc) is 2.83. The van der Waals surface area contributed by atoms with Gasteiger partial charge in [-0.1, -0.05) is 42.5 Å². The third-order valence-corrected chi connectivity index (χ3v) is 6.62. The van der Waals surface area contributed by atoms with Gasteiger partial charge in [0.05, 0.1) is 23.7 Å². The van der Waals surface area contributed by atoms with E-state index in [1.807, 2.05) is 19.9 Å². The lowest BCUT2D eigenvalue weighted by Crippen LogP contribution is -2.19. The van der Waals surface area contributed by atoms with E-state index in [1.165, 1.54) is 12.1 Å². The molecule has 1 unspecified atom stereocenters. The molecule has 1 atom stereocenters. The topological polar surface area (TPSA) is 105 Å². The van der Waals surface area contributed by atoms with Crippen LogP contribution in [-0.2, 0) is 14.3 Å². The van der Waals surface area contributed by atoms with E-state index in [-0.39, 0.29) is 10.5 Å². The Hall–Kier alpha value is -3.69. The number of hydrogen-bond acceptors (Lipinski definition) is 7. The van der Waals surface area contributed by atoms with Gasteiger partial charge in [-0.3, -0.25) is 10.1 Å². The molecule has 0 radical (unpaired) electrons. The minimum atomic E-state index is -4.60. The van der Waals surface area contributed by atoms with Crippen LogP contribution < -0.4 is 9.47 Å². The molecule has 9 heteroatoms. The number of benzene rings is 4. The van der Waals surface area contributed by atoms with E-state index >= 15 is 0 Å². The molecule has 4 aromatic rings. The van der Waals surface area contributed by atoms with Crippen LogP contribution in [0.15, 0.2) is 77.7 Å². The fraction of sp³-hybridized carbons (Fsp3) is 0.200. The second-order valence-corrected chi connectivity index (χ2v) is 8.89. The molecular weight excluding hydrogens is 458 g/mol. The van der Waals surface area contributed by atoms with E-state index < -0.39 is 21.3 Å². The summed E-state index contributed by atoms with van der Waals surface area (Å²) in [5.41, 5.74) is 0.120. The van der Waals surface area contributed by atoms with E-state index in [2.05, 4.69) is 0 Å². The number of nitro groups is 1. The number of nitrogens with zero attached hydrogens (tertiary/aromatic N) is 1. The third kappa shape index (κ3) is 4.40. The zero-order chi connectivity index (χ0) is 24.3. The molecule has 0 aliphatic rings. The first-order valence-corrected chi connectivity index (χ1v) is 12.1. The SMILES string of the molecule is CCOc1ccc2c(S(=O)(=O)OC(c3ccccc3)[N+](=O)[O-])c3ccccc3cc2c1OCC. The number of fused-ring (bicyclic) bond motifs is 2. The molecule has 0 N–H and O–H groups in total. The summed E-state index contributed by atoms with van der Waals surface area (Å²) in [5.74, 6) is 0.877. The average molecular weight is 482 g/mol. The molecule has 0 heterocycles. The fourth-order valence-electron chi connectivity index (χ4n) is 3.88. The summed E-state index contributed by atoms with van der Waals surface area (Å²) in [4.78, 5) is 10.8. The van der Waals surface area contributed by atoms with Crippen LogP contribution in [0, 0.1) is 10.1 Å². The van der Waals surface area contributed by atoms with Crippen molar-refractivity contribution in [3.63, 3.8) is 0 Å². The van der Waals surface area contributed by atoms with Crippen molar-refractivity contribution < 1.29 is 27.0 Å². The van der Waals surface area contributed by atoms with Crippen LogP contribution in [0.1, 0.15) is 25.6 Å². The Morgan fingerprint density at radius 3 is 2.21 bits per heavy atom. The molecule has 4 rings (SSSR count). The number of ether oxygens (including phenoxy) is 2. The maximum absolute atomic E-state index is 13.6. The molecule has 0 spiro atoms. The normalized spacial score (nSPS) is 12.5. The maximum atomic E-state index is 13.6. The standard InChI is InChI=1S/C25H23NO7S/c1-3-31-22-15-14-20-21(23(22)32-4-2)16-18-12-8-9-13-19(18)24(20)34(29,30)33-25(26(27)28)17-10-6-5-7-11-17/h5-16,25H,3-4H2,1-2H3. The molecule has 0 bridgehead atoms. The van der Waals surface area contributed by atoms with Crippen LogP contribution in [0.2, 0.25) is 0 Å². The lowest BCUT2D eigenvalue weighted by molar-refractivity contribution is -0.570. The number of hydrogen-bond donors (Lipinski definition) is 0. The van der Waals surface area contributed by atoms with E-state index in [4.69, 9.17) is 13.7 Å². The zero-order valence-corrected chi connectivity index (χ0v) is 19.4. The minimum Gasteiger partial charge on any atom is -0.490 e. The predicted molar refractivity (Wildman–Crippen MR) is 128 cm³/mol. The first-order valence-electron chi connectivity index (χ1n) is 10.7. The van der Waals surface area contributed by atoms with Gasteiger partial charge in [-0.2, -0.15) is 12.6 Å². The van der Waals surface area contributed by atoms with Gasteiger partial charge in [0.25, 0.3) is 0 Å². The Labute approximate surface area is 197 Å². The third-order valence-electron chi connectivity index (χ3n) is 5.24. The van der Waals surface area contributed by atoms with Crippen LogP contribution in [0.5, 0.6) is 11.5 Å². The Kier molecular flexibility index (Phi) is 6.67. The van der Waals surface area contributed by atoms with Gasteiger partial charge in [0.1, 0.15) is 4.90 Å². The van der Waals surface area contributed by atoms with Crippen LogP contribution in [0.25, 0.3) is 21.5 Å². The molecule has 0 saturated carbocycles. The van der Waals surface area contributed by atoms with Crippen LogP contribution in [0.4, 0.5) is 0 Å². The summed E-state index contributed by atoms with van der Waals surface area (Å²) in [7, 11) is -4.60. The second kappa shape index (κ2) is 9.66. The van der Waals surface area contributed by atoms with Crippen molar-refractivity contribution in [2.24, 2.45) is 0 Å². The highest BCUT2D eigenvalue weighted by Gasteiger charge is 2.34. The van der Waals surface area contributed by atoms with Crippen LogP contribution >= 0.6 is 0 Å². The van der Waals surface area contributed by atoms with Gasteiger partial charge < -0.3 is 9.47 Å². The summed E-state index contributed by atoms with van der Waals surface area (Å²) in [6, 6.07) is 19.7. The second-order valence-electron chi connectivity index (χ2n) is 7.38. The Morgan fingerprint density at radius 2 is 1.53 bits per heavy atom. The Balaban J connectivity index is 1.99. The van der Waals surface area contributed by atoms with Gasteiger partial charge in [0.2, 0.25) is 0 Å². The largest absolute Gasteiger partial charge is 0.490 e. The van der Waals surface area contributed by atoms with Crippen molar-refractivity contribution >= 4 is 31.7 Å². The van der Waals surface area contributed by atoms with Crippen LogP contribution in [0.3, 0.4) is 0 Å². The van der Waals surface area contributed by atoms with Crippen molar-refractivity contribution in [2.45, 2.75) is 25.0 Å². The van der Waals surface area contributed by atoms with Crippen molar-refractivity contribution in [2.75, 3.05) is 13.2 Å². The van der Waals surface area contributed by atoms with Crippen molar-refractivity contribution in [3.05, 3.63) is 88.5 Å². The molecule has 34 heavy (non-hydrogen) atoms. The van der Waals surface area contributed by atoms with Gasteiger partial charge in [-0.05, 0) is 49.6 Å². The van der Waals surface area contributed by atoms with Crippen LogP contribution in [-0.4, -0.2) is 26.6 Å². The van der Waals surface area contributed by atoms with Crippen molar-refractivity contribution in [3.8, 4) is 11.5 Å². The van der Waals surface area contributed by atoms with Gasteiger partial charge in [0, 0.05) is 16.2 Å². The first kappa shape index (κ1) is 23.5. The Bertz CT molecular complexity index is 1450. The smallest absolute Gasteiger partial charge is 0.356 e. The zero-order valence-electron chi connectivity index (χ0n) is 18.6. The maximum Gasteiger partial charge on any atom is 0.356 e. The summed E-state index contributed by atoms with van der Waals surface area (Å²) in [5, 5.41) is 13.6. The van der Waals surface area contributed by atoms with Crippen molar-refractivity contribution in [1.29, 1.82) is 0 Å². The van der Waals surface area contributed by atoms with E-state index in [9.17, 15) is 18.5 Å². The molecule has 176 valence electrons. The fourth-order valence-corrected chi connectivity index (χ4v) is 5.30. The summed E-state index contributed by atoms with van der Waals surface area (Å²) >= 11 is 0. The quantitative estimate of drug-likeness (QED) is 0.103. The summed E-state index contributed by atoms with van der Waals surface area (Å²) in [6.07, 6.45) is -1.89. The molecule has 0 aliphatic heterocycles. The van der Waals surface area contributed by atoms with E-state index in [0.29, 0.717) is 46.3 Å². The van der Waals surface area contributed by atoms with Gasteiger partial charge in [-0.15, -0.1) is 0 Å². The highest BCUT2D eigenvalue weighted by molar-refractivity contribution is 7.87. The highest BCUT2D eigenvalue weighted by atomic mass is 32.2. The first-order chi connectivity index (χ1) is 16.4. The molecule has 8 nitrogen and oxygen atoms in total. The molecule has 4 aromatic carbocycles. The predicted octanol–water partition coefficient (Wildman–Crippen LogP) is 5.47. The molecule has 0 amide bonds. The van der Waals surface area contributed by atoms with Gasteiger partial charge in [-0.25, -0.2) is 0 Å². The summed E-state index contributed by atoms with van der Waals surface area (Å²) in [6.45, 7) is 4.39. The molecule has 0 aromatic heterocycles. The van der Waals surface area contributed by atoms with E-state index in [0.717, 1.165) is 0 Å². The monoisotopic (exact) mass is 481 g/mol. The Morgan fingerprint density at radius 1 is 0.853 bits per heavy atom. The highest BCUT2D eigenvalue weighted by Crippen LogP contribution is 2.42. The summed E-state index contributed by atoms with van der Waals surface area (Å²) < 4.78 is 44.1. The van der Waals surface area contributed by atoms with Gasteiger partial charge >= 0.3 is 16.3 Å². The molecule has 0 fully saturated rings. The number of rotatable bonds is 9. The van der Waals surface area contributed by atoms with E-state index in [1.54, 1.807) is 54.6 Å². The lowest BCUT2D eigenvalue weighted by Gasteiger charge is -2.18. The molecule has 0 saturated heterocycles.